The van der Waals surface area contributed by atoms with Gasteiger partial charge in [0.05, 0.1) is 4.90 Å². The second-order valence-electron chi connectivity index (χ2n) is 5.17. The van der Waals surface area contributed by atoms with Gasteiger partial charge in [0.2, 0.25) is 0 Å². The molecular formula is C16H16FNO3S. The Bertz CT molecular complexity index is 844. The first kappa shape index (κ1) is 16.2. The first-order valence-electron chi connectivity index (χ1n) is 6.56. The largest absolute Gasteiger partial charge is 0.322 e. The Labute approximate surface area is 128 Å². The van der Waals surface area contributed by atoms with E-state index in [0.717, 1.165) is 6.26 Å². The zero-order chi connectivity index (χ0) is 16.5. The quantitative estimate of drug-likeness (QED) is 0.945. The third-order valence-corrected chi connectivity index (χ3v) is 4.53. The first-order valence-corrected chi connectivity index (χ1v) is 8.46. The molecule has 0 aliphatic rings. The van der Waals surface area contributed by atoms with Crippen LogP contribution in [0.5, 0.6) is 0 Å². The highest BCUT2D eigenvalue weighted by Gasteiger charge is 2.15. The second kappa shape index (κ2) is 5.88. The maximum atomic E-state index is 13.1. The van der Waals surface area contributed by atoms with Crippen LogP contribution in [0.1, 0.15) is 21.5 Å². The molecule has 0 heterocycles. The van der Waals surface area contributed by atoms with E-state index in [1.807, 2.05) is 0 Å². The monoisotopic (exact) mass is 321 g/mol. The number of halogens is 1. The van der Waals surface area contributed by atoms with E-state index in [2.05, 4.69) is 5.32 Å². The van der Waals surface area contributed by atoms with E-state index in [-0.39, 0.29) is 16.3 Å². The van der Waals surface area contributed by atoms with Gasteiger partial charge in [0.1, 0.15) is 5.82 Å². The van der Waals surface area contributed by atoms with E-state index < -0.39 is 15.7 Å². The number of hydrogen-bond donors (Lipinski definition) is 1. The average molecular weight is 321 g/mol. The predicted molar refractivity (Wildman–Crippen MR) is 83.4 cm³/mol. The highest BCUT2D eigenvalue weighted by atomic mass is 32.2. The molecule has 1 amide bonds. The van der Waals surface area contributed by atoms with E-state index in [9.17, 15) is 17.6 Å². The molecule has 0 radical (unpaired) electrons. The molecule has 0 aliphatic carbocycles. The summed E-state index contributed by atoms with van der Waals surface area (Å²) in [6.45, 7) is 3.35. The van der Waals surface area contributed by atoms with Crippen molar-refractivity contribution in [1.29, 1.82) is 0 Å². The van der Waals surface area contributed by atoms with Crippen molar-refractivity contribution in [2.24, 2.45) is 0 Å². The number of nitrogens with one attached hydrogen (secondary N) is 1. The van der Waals surface area contributed by atoms with E-state index in [1.54, 1.807) is 26.0 Å². The summed E-state index contributed by atoms with van der Waals surface area (Å²) in [5, 5.41) is 2.65. The zero-order valence-corrected chi connectivity index (χ0v) is 13.3. The number of sulfone groups is 1. The van der Waals surface area contributed by atoms with Gasteiger partial charge in [0, 0.05) is 17.5 Å². The summed E-state index contributed by atoms with van der Waals surface area (Å²) >= 11 is 0. The van der Waals surface area contributed by atoms with Crippen molar-refractivity contribution in [3.63, 3.8) is 0 Å². The fourth-order valence-corrected chi connectivity index (χ4v) is 3.10. The normalized spacial score (nSPS) is 11.3. The Morgan fingerprint density at radius 3 is 2.32 bits per heavy atom. The van der Waals surface area contributed by atoms with Crippen LogP contribution in [0.3, 0.4) is 0 Å². The van der Waals surface area contributed by atoms with Gasteiger partial charge in [-0.3, -0.25) is 4.79 Å². The molecule has 2 aromatic rings. The highest BCUT2D eigenvalue weighted by Crippen LogP contribution is 2.20. The van der Waals surface area contributed by atoms with Gasteiger partial charge >= 0.3 is 0 Å². The lowest BCUT2D eigenvalue weighted by Crippen LogP contribution is -2.14. The third-order valence-electron chi connectivity index (χ3n) is 3.29. The topological polar surface area (TPSA) is 63.2 Å². The van der Waals surface area contributed by atoms with Crippen molar-refractivity contribution in [3.8, 4) is 0 Å². The van der Waals surface area contributed by atoms with Crippen LogP contribution >= 0.6 is 0 Å². The molecule has 0 fully saturated rings. The Kier molecular flexibility index (Phi) is 4.32. The Morgan fingerprint density at radius 1 is 1.05 bits per heavy atom. The maximum absolute atomic E-state index is 13.1. The molecule has 0 saturated heterocycles. The molecule has 4 nitrogen and oxygen atoms in total. The first-order chi connectivity index (χ1) is 10.2. The molecule has 0 saturated carbocycles. The van der Waals surface area contributed by atoms with Gasteiger partial charge in [-0.25, -0.2) is 12.8 Å². The lowest BCUT2D eigenvalue weighted by molar-refractivity contribution is 0.102. The zero-order valence-electron chi connectivity index (χ0n) is 12.5. The minimum Gasteiger partial charge on any atom is -0.322 e. The number of rotatable bonds is 3. The van der Waals surface area contributed by atoms with Crippen LogP contribution < -0.4 is 5.32 Å². The van der Waals surface area contributed by atoms with Crippen LogP contribution in [-0.4, -0.2) is 20.6 Å². The fourth-order valence-electron chi connectivity index (χ4n) is 2.10. The molecule has 0 atom stereocenters. The number of carbonyl (C=O) groups is 1. The van der Waals surface area contributed by atoms with Crippen molar-refractivity contribution >= 4 is 21.4 Å². The van der Waals surface area contributed by atoms with Gasteiger partial charge in [-0.2, -0.15) is 0 Å². The number of aryl methyl sites for hydroxylation is 2. The lowest BCUT2D eigenvalue weighted by atomic mass is 10.1. The molecule has 6 heteroatoms. The third kappa shape index (κ3) is 3.51. The van der Waals surface area contributed by atoms with Crippen LogP contribution in [0.25, 0.3) is 0 Å². The Morgan fingerprint density at radius 2 is 1.73 bits per heavy atom. The predicted octanol–water partition coefficient (Wildman–Crippen LogP) is 3.10. The van der Waals surface area contributed by atoms with Crippen molar-refractivity contribution < 1.29 is 17.6 Å². The summed E-state index contributed by atoms with van der Waals surface area (Å²) in [6, 6.07) is 8.51. The summed E-state index contributed by atoms with van der Waals surface area (Å²) in [7, 11) is -3.41. The van der Waals surface area contributed by atoms with Gasteiger partial charge in [0.15, 0.2) is 9.84 Å². The van der Waals surface area contributed by atoms with Crippen molar-refractivity contribution in [3.05, 3.63) is 58.9 Å². The molecule has 2 rings (SSSR count). The minimum absolute atomic E-state index is 0.121. The number of amides is 1. The molecule has 116 valence electrons. The summed E-state index contributed by atoms with van der Waals surface area (Å²) in [6.07, 6.45) is 1.10. The summed E-state index contributed by atoms with van der Waals surface area (Å²) in [5.74, 6) is -0.829. The van der Waals surface area contributed by atoms with Gasteiger partial charge < -0.3 is 5.32 Å². The number of hydrogen-bond acceptors (Lipinski definition) is 3. The standard InChI is InChI=1S/C16H16FNO3S/c1-10-4-5-12(9-15(10)22(3,20)21)16(19)18-14-7-6-13(17)8-11(14)2/h4-9H,1-3H3,(H,18,19). The molecule has 22 heavy (non-hydrogen) atoms. The van der Waals surface area contributed by atoms with Crippen molar-refractivity contribution in [2.45, 2.75) is 18.7 Å². The molecular weight excluding hydrogens is 305 g/mol. The Balaban J connectivity index is 2.34. The van der Waals surface area contributed by atoms with E-state index in [1.165, 1.54) is 24.3 Å². The molecule has 0 aliphatic heterocycles. The van der Waals surface area contributed by atoms with Crippen LogP contribution in [0.2, 0.25) is 0 Å². The van der Waals surface area contributed by atoms with Crippen LogP contribution in [0.4, 0.5) is 10.1 Å². The van der Waals surface area contributed by atoms with E-state index in [4.69, 9.17) is 0 Å². The van der Waals surface area contributed by atoms with Crippen LogP contribution in [-0.2, 0) is 9.84 Å². The van der Waals surface area contributed by atoms with E-state index in [0.29, 0.717) is 16.8 Å². The minimum atomic E-state index is -3.41. The molecule has 1 N–H and O–H groups in total. The molecule has 2 aromatic carbocycles. The van der Waals surface area contributed by atoms with Crippen molar-refractivity contribution in [1.82, 2.24) is 0 Å². The van der Waals surface area contributed by atoms with Gasteiger partial charge in [-0.1, -0.05) is 6.07 Å². The van der Waals surface area contributed by atoms with Gasteiger partial charge in [0.25, 0.3) is 5.91 Å². The van der Waals surface area contributed by atoms with Crippen LogP contribution in [0, 0.1) is 19.7 Å². The maximum Gasteiger partial charge on any atom is 0.255 e. The SMILES string of the molecule is Cc1cc(F)ccc1NC(=O)c1ccc(C)c(S(C)(=O)=O)c1. The van der Waals surface area contributed by atoms with E-state index >= 15 is 0 Å². The van der Waals surface area contributed by atoms with Crippen LogP contribution in [0.15, 0.2) is 41.3 Å². The van der Waals surface area contributed by atoms with Crippen molar-refractivity contribution in [2.75, 3.05) is 11.6 Å². The summed E-state index contributed by atoms with van der Waals surface area (Å²) in [5.41, 5.74) is 1.88. The smallest absolute Gasteiger partial charge is 0.255 e. The average Bonchev–Trinajstić information content (AvgIpc) is 2.41. The summed E-state index contributed by atoms with van der Waals surface area (Å²) in [4.78, 5) is 12.4. The highest BCUT2D eigenvalue weighted by molar-refractivity contribution is 7.90. The molecule has 0 bridgehead atoms. The van der Waals surface area contributed by atoms with Gasteiger partial charge in [-0.05, 0) is 55.3 Å². The number of anilines is 1. The lowest BCUT2D eigenvalue weighted by Gasteiger charge is -2.10. The fraction of sp³-hybridized carbons (Fsp3) is 0.188. The Hall–Kier alpha value is -2.21. The number of benzene rings is 2. The van der Waals surface area contributed by atoms with Gasteiger partial charge in [-0.15, -0.1) is 0 Å². The molecule has 0 spiro atoms. The molecule has 0 aromatic heterocycles. The molecule has 0 unspecified atom stereocenters. The summed E-state index contributed by atoms with van der Waals surface area (Å²) < 4.78 is 36.5. The second-order valence-corrected chi connectivity index (χ2v) is 7.15. The number of carbonyl (C=O) groups excluding carboxylic acids is 1.